The van der Waals surface area contributed by atoms with Crippen molar-refractivity contribution in [1.29, 1.82) is 0 Å². The summed E-state index contributed by atoms with van der Waals surface area (Å²) in [7, 11) is 4.11. The summed E-state index contributed by atoms with van der Waals surface area (Å²) in [5.74, 6) is -1.52. The minimum Gasteiger partial charge on any atom is -0.481 e. The molecule has 1 aliphatic rings. The fourth-order valence-corrected chi connectivity index (χ4v) is 2.13. The molecule has 0 spiro atoms. The van der Waals surface area contributed by atoms with Crippen molar-refractivity contribution < 1.29 is 14.7 Å². The van der Waals surface area contributed by atoms with Gasteiger partial charge >= 0.3 is 12.0 Å². The van der Waals surface area contributed by atoms with E-state index in [9.17, 15) is 9.59 Å². The largest absolute Gasteiger partial charge is 0.481 e. The van der Waals surface area contributed by atoms with Gasteiger partial charge in [0, 0.05) is 38.3 Å². The molecule has 0 saturated carbocycles. The number of carboxylic acid groups (broad SMARTS) is 1. The predicted molar refractivity (Wildman–Crippen MR) is 76.7 cm³/mol. The van der Waals surface area contributed by atoms with Gasteiger partial charge in [-0.3, -0.25) is 9.69 Å². The van der Waals surface area contributed by atoms with Crippen LogP contribution in [0.5, 0.6) is 0 Å². The smallest absolute Gasteiger partial charge is 0.315 e. The molecule has 1 aliphatic heterocycles. The minimum absolute atomic E-state index is 0.284. The third kappa shape index (κ3) is 4.97. The van der Waals surface area contributed by atoms with Gasteiger partial charge < -0.3 is 20.6 Å². The number of hydrogen-bond donors (Lipinski definition) is 3. The molecule has 1 rings (SSSR count). The van der Waals surface area contributed by atoms with Crippen molar-refractivity contribution in [3.05, 3.63) is 0 Å². The van der Waals surface area contributed by atoms with E-state index >= 15 is 0 Å². The van der Waals surface area contributed by atoms with Crippen LogP contribution in [-0.4, -0.2) is 79.3 Å². The number of nitrogens with zero attached hydrogens (tertiary/aromatic N) is 2. The van der Waals surface area contributed by atoms with Crippen molar-refractivity contribution in [3.8, 4) is 0 Å². The van der Waals surface area contributed by atoms with E-state index in [0.29, 0.717) is 6.54 Å². The molecule has 0 bridgehead atoms. The van der Waals surface area contributed by atoms with Gasteiger partial charge in [0.05, 0.1) is 5.92 Å². The molecule has 1 saturated heterocycles. The van der Waals surface area contributed by atoms with Crippen LogP contribution in [0.4, 0.5) is 4.79 Å². The Morgan fingerprint density at radius 2 is 1.95 bits per heavy atom. The zero-order chi connectivity index (χ0) is 15.3. The van der Waals surface area contributed by atoms with Crippen LogP contribution >= 0.6 is 0 Å². The van der Waals surface area contributed by atoms with Crippen molar-refractivity contribution in [1.82, 2.24) is 20.4 Å². The Kier molecular flexibility index (Phi) is 6.22. The number of carbonyl (C=O) groups excluding carboxylic acids is 1. The Hall–Kier alpha value is -1.34. The standard InChI is InChI=1S/C13H26N4O3/c1-9(12(18)19)10(2)15-13(20)14-7-11-8-16(3)5-6-17(11)4/h9-11H,5-8H2,1-4H3,(H,18,19)(H2,14,15,20). The van der Waals surface area contributed by atoms with Gasteiger partial charge in [-0.05, 0) is 27.9 Å². The second kappa shape index (κ2) is 7.44. The first kappa shape index (κ1) is 16.7. The molecule has 20 heavy (non-hydrogen) atoms. The lowest BCUT2D eigenvalue weighted by atomic mass is 10.0. The second-order valence-electron chi connectivity index (χ2n) is 5.67. The number of nitrogens with one attached hydrogen (secondary N) is 2. The van der Waals surface area contributed by atoms with Crippen LogP contribution in [0.2, 0.25) is 0 Å². The molecule has 1 heterocycles. The van der Waals surface area contributed by atoms with Gasteiger partial charge in [0.15, 0.2) is 0 Å². The quantitative estimate of drug-likeness (QED) is 0.643. The average Bonchev–Trinajstić information content (AvgIpc) is 2.38. The van der Waals surface area contributed by atoms with Crippen LogP contribution in [0.25, 0.3) is 0 Å². The molecule has 3 unspecified atom stereocenters. The van der Waals surface area contributed by atoms with Crippen LogP contribution in [0.1, 0.15) is 13.8 Å². The van der Waals surface area contributed by atoms with E-state index in [-0.39, 0.29) is 12.1 Å². The van der Waals surface area contributed by atoms with Gasteiger partial charge in [-0.15, -0.1) is 0 Å². The van der Waals surface area contributed by atoms with E-state index in [0.717, 1.165) is 19.6 Å². The van der Waals surface area contributed by atoms with Crippen molar-refractivity contribution in [2.24, 2.45) is 5.92 Å². The first-order chi connectivity index (χ1) is 9.31. The van der Waals surface area contributed by atoms with Gasteiger partial charge in [0.25, 0.3) is 0 Å². The molecule has 3 atom stereocenters. The number of carboxylic acids is 1. The number of urea groups is 1. The van der Waals surface area contributed by atoms with E-state index < -0.39 is 17.9 Å². The zero-order valence-electron chi connectivity index (χ0n) is 12.7. The van der Waals surface area contributed by atoms with Crippen LogP contribution in [0, 0.1) is 5.92 Å². The maximum atomic E-state index is 11.8. The van der Waals surface area contributed by atoms with Gasteiger partial charge in [0.2, 0.25) is 0 Å². The number of aliphatic carboxylic acids is 1. The van der Waals surface area contributed by atoms with Crippen molar-refractivity contribution >= 4 is 12.0 Å². The van der Waals surface area contributed by atoms with Gasteiger partial charge in [0.1, 0.15) is 0 Å². The van der Waals surface area contributed by atoms with Crippen molar-refractivity contribution in [2.45, 2.75) is 25.9 Å². The van der Waals surface area contributed by atoms with Crippen LogP contribution in [-0.2, 0) is 4.79 Å². The first-order valence-corrected chi connectivity index (χ1v) is 6.97. The summed E-state index contributed by atoms with van der Waals surface area (Å²) in [6.07, 6.45) is 0. The summed E-state index contributed by atoms with van der Waals surface area (Å²) >= 11 is 0. The summed E-state index contributed by atoms with van der Waals surface area (Å²) in [5.41, 5.74) is 0. The summed E-state index contributed by atoms with van der Waals surface area (Å²) in [6, 6.07) is -0.432. The lowest BCUT2D eigenvalue weighted by Crippen LogP contribution is -2.56. The average molecular weight is 286 g/mol. The highest BCUT2D eigenvalue weighted by molar-refractivity contribution is 5.76. The van der Waals surface area contributed by atoms with Gasteiger partial charge in [-0.25, -0.2) is 4.79 Å². The van der Waals surface area contributed by atoms with Crippen molar-refractivity contribution in [3.63, 3.8) is 0 Å². The number of hydrogen-bond acceptors (Lipinski definition) is 4. The summed E-state index contributed by atoms with van der Waals surface area (Å²) in [6.45, 7) is 6.76. The SMILES string of the molecule is CC(NC(=O)NCC1CN(C)CCN1C)C(C)C(=O)O. The van der Waals surface area contributed by atoms with Crippen LogP contribution in [0.3, 0.4) is 0 Å². The molecule has 7 nitrogen and oxygen atoms in total. The molecular weight excluding hydrogens is 260 g/mol. The Bertz CT molecular complexity index is 351. The Balaban J connectivity index is 2.34. The number of rotatable bonds is 5. The monoisotopic (exact) mass is 286 g/mol. The topological polar surface area (TPSA) is 84.9 Å². The van der Waals surface area contributed by atoms with Crippen LogP contribution < -0.4 is 10.6 Å². The molecule has 0 aromatic carbocycles. The second-order valence-corrected chi connectivity index (χ2v) is 5.67. The fraction of sp³-hybridized carbons (Fsp3) is 0.846. The minimum atomic E-state index is -0.911. The molecule has 1 fully saturated rings. The first-order valence-electron chi connectivity index (χ1n) is 6.97. The molecule has 116 valence electrons. The number of piperazine rings is 1. The fourth-order valence-electron chi connectivity index (χ4n) is 2.13. The van der Waals surface area contributed by atoms with E-state index in [4.69, 9.17) is 5.11 Å². The highest BCUT2D eigenvalue weighted by Gasteiger charge is 2.24. The molecule has 0 radical (unpaired) electrons. The highest BCUT2D eigenvalue weighted by atomic mass is 16.4. The van der Waals surface area contributed by atoms with E-state index in [1.807, 2.05) is 7.05 Å². The predicted octanol–water partition coefficient (Wildman–Crippen LogP) is -0.359. The van der Waals surface area contributed by atoms with Crippen LogP contribution in [0.15, 0.2) is 0 Å². The summed E-state index contributed by atoms with van der Waals surface area (Å²) < 4.78 is 0. The summed E-state index contributed by atoms with van der Waals surface area (Å²) in [5, 5.41) is 14.4. The third-order valence-electron chi connectivity index (χ3n) is 3.98. The molecule has 0 aromatic rings. The number of amides is 2. The Labute approximate surface area is 120 Å². The molecule has 2 amide bonds. The molecule has 0 aliphatic carbocycles. The number of carbonyl (C=O) groups is 2. The van der Waals surface area contributed by atoms with Gasteiger partial charge in [-0.2, -0.15) is 0 Å². The molecular formula is C13H26N4O3. The Morgan fingerprint density at radius 1 is 1.30 bits per heavy atom. The summed E-state index contributed by atoms with van der Waals surface area (Å²) in [4.78, 5) is 27.0. The molecule has 7 heteroatoms. The Morgan fingerprint density at radius 3 is 2.55 bits per heavy atom. The van der Waals surface area contributed by atoms with Gasteiger partial charge in [-0.1, -0.05) is 0 Å². The normalized spacial score (nSPS) is 23.9. The highest BCUT2D eigenvalue weighted by Crippen LogP contribution is 2.05. The number of likely N-dealkylation sites (N-methyl/N-ethyl adjacent to an activating group) is 2. The zero-order valence-corrected chi connectivity index (χ0v) is 12.7. The lowest BCUT2D eigenvalue weighted by molar-refractivity contribution is -0.141. The van der Waals surface area contributed by atoms with E-state index in [1.165, 1.54) is 0 Å². The molecule has 0 aromatic heterocycles. The van der Waals surface area contributed by atoms with E-state index in [2.05, 4.69) is 27.5 Å². The van der Waals surface area contributed by atoms with Crippen molar-refractivity contribution in [2.75, 3.05) is 40.3 Å². The van der Waals surface area contributed by atoms with E-state index in [1.54, 1.807) is 13.8 Å². The maximum absolute atomic E-state index is 11.8. The maximum Gasteiger partial charge on any atom is 0.315 e. The lowest BCUT2D eigenvalue weighted by Gasteiger charge is -2.37. The molecule has 3 N–H and O–H groups in total. The third-order valence-corrected chi connectivity index (χ3v) is 3.98.